The van der Waals surface area contributed by atoms with Gasteiger partial charge in [0.2, 0.25) is 6.41 Å². The number of hydrogen-bond acceptors (Lipinski definition) is 5. The van der Waals surface area contributed by atoms with Gasteiger partial charge in [-0.2, -0.15) is 11.8 Å². The van der Waals surface area contributed by atoms with Crippen molar-refractivity contribution in [1.82, 2.24) is 5.32 Å². The van der Waals surface area contributed by atoms with E-state index in [-0.39, 0.29) is 23.2 Å². The summed E-state index contributed by atoms with van der Waals surface area (Å²) >= 11 is 3.64. The van der Waals surface area contributed by atoms with Gasteiger partial charge in [0.1, 0.15) is 12.4 Å². The summed E-state index contributed by atoms with van der Waals surface area (Å²) in [5, 5.41) is 2.55. The van der Waals surface area contributed by atoms with Crippen molar-refractivity contribution >= 4 is 35.3 Å². The molecular weight excluding hydrogens is 462 g/mol. The predicted octanol–water partition coefficient (Wildman–Crippen LogP) is 6.87. The van der Waals surface area contributed by atoms with Gasteiger partial charge in [-0.1, -0.05) is 46.8 Å². The van der Waals surface area contributed by atoms with Gasteiger partial charge >= 0.3 is 0 Å². The first-order chi connectivity index (χ1) is 16.0. The van der Waals surface area contributed by atoms with Crippen molar-refractivity contribution in [2.24, 2.45) is 5.41 Å². The van der Waals surface area contributed by atoms with Crippen LogP contribution in [0.15, 0.2) is 24.3 Å². The van der Waals surface area contributed by atoms with Gasteiger partial charge in [-0.3, -0.25) is 9.59 Å². The van der Waals surface area contributed by atoms with Crippen molar-refractivity contribution in [3.63, 3.8) is 0 Å². The largest absolute Gasteiger partial charge is 0.486 e. The minimum Gasteiger partial charge on any atom is -0.486 e. The SMILES string of the molecule is CCC(CC)(c1ccc(OCC(=O)C(C)(C)C)c(C)c1)c1cc(C)c(C)s1.CSCCNC=O. The zero-order valence-electron chi connectivity index (χ0n) is 22.5. The fourth-order valence-corrected chi connectivity index (χ4v) is 5.36. The first kappa shape index (κ1) is 30.2. The van der Waals surface area contributed by atoms with E-state index in [1.807, 2.05) is 44.4 Å². The molecule has 0 radical (unpaired) electrons. The van der Waals surface area contributed by atoms with Gasteiger partial charge in [0.25, 0.3) is 0 Å². The molecule has 1 aromatic heterocycles. The molecule has 1 N–H and O–H groups in total. The Labute approximate surface area is 215 Å². The molecule has 1 heterocycles. The van der Waals surface area contributed by atoms with E-state index in [4.69, 9.17) is 4.74 Å². The zero-order valence-corrected chi connectivity index (χ0v) is 24.1. The third-order valence-corrected chi connectivity index (χ3v) is 8.27. The van der Waals surface area contributed by atoms with Crippen molar-refractivity contribution in [3.8, 4) is 5.75 Å². The highest BCUT2D eigenvalue weighted by Gasteiger charge is 2.33. The summed E-state index contributed by atoms with van der Waals surface area (Å²) in [7, 11) is 0. The van der Waals surface area contributed by atoms with Gasteiger partial charge in [-0.05, 0) is 68.7 Å². The van der Waals surface area contributed by atoms with Gasteiger partial charge in [0, 0.05) is 32.9 Å². The smallest absolute Gasteiger partial charge is 0.207 e. The number of ketones is 1. The van der Waals surface area contributed by atoms with Crippen molar-refractivity contribution in [1.29, 1.82) is 0 Å². The number of thioether (sulfide) groups is 1. The van der Waals surface area contributed by atoms with E-state index < -0.39 is 0 Å². The van der Waals surface area contributed by atoms with E-state index in [1.165, 1.54) is 20.9 Å². The average molecular weight is 506 g/mol. The van der Waals surface area contributed by atoms with Gasteiger partial charge in [-0.25, -0.2) is 0 Å². The molecule has 0 aliphatic carbocycles. The first-order valence-corrected chi connectivity index (χ1v) is 14.2. The minimum absolute atomic E-state index is 0.0359. The summed E-state index contributed by atoms with van der Waals surface area (Å²) in [6, 6.07) is 8.82. The molecule has 0 aliphatic heterocycles. The van der Waals surface area contributed by atoms with Crippen LogP contribution in [-0.2, 0) is 15.0 Å². The third kappa shape index (κ3) is 8.16. The van der Waals surface area contributed by atoms with E-state index in [0.717, 1.165) is 42.9 Å². The molecule has 0 atom stereocenters. The Morgan fingerprint density at radius 2 is 1.74 bits per heavy atom. The number of aryl methyl sites for hydroxylation is 3. The second-order valence-corrected chi connectivity index (χ2v) is 11.9. The van der Waals surface area contributed by atoms with Gasteiger partial charge in [0.05, 0.1) is 0 Å². The van der Waals surface area contributed by atoms with E-state index in [0.29, 0.717) is 0 Å². The molecule has 2 rings (SSSR count). The summed E-state index contributed by atoms with van der Waals surface area (Å²) in [5.74, 6) is 1.92. The quantitative estimate of drug-likeness (QED) is 0.267. The Kier molecular flexibility index (Phi) is 12.4. The predicted molar refractivity (Wildman–Crippen MR) is 149 cm³/mol. The summed E-state index contributed by atoms with van der Waals surface area (Å²) in [6.45, 7) is 17.7. The number of amides is 1. The van der Waals surface area contributed by atoms with Crippen molar-refractivity contribution in [2.75, 3.05) is 25.2 Å². The summed E-state index contributed by atoms with van der Waals surface area (Å²) in [4.78, 5) is 24.6. The molecule has 4 nitrogen and oxygen atoms in total. The fraction of sp³-hybridized carbons (Fsp3) is 0.571. The second kappa shape index (κ2) is 13.9. The maximum atomic E-state index is 12.2. The second-order valence-electron chi connectivity index (χ2n) is 9.65. The van der Waals surface area contributed by atoms with E-state index in [9.17, 15) is 9.59 Å². The molecule has 0 spiro atoms. The van der Waals surface area contributed by atoms with Crippen LogP contribution in [0.25, 0.3) is 0 Å². The van der Waals surface area contributed by atoms with Gasteiger partial charge in [0.15, 0.2) is 5.78 Å². The average Bonchev–Trinajstić information content (AvgIpc) is 3.13. The molecule has 0 saturated heterocycles. The zero-order chi connectivity index (χ0) is 25.9. The topological polar surface area (TPSA) is 55.4 Å². The maximum Gasteiger partial charge on any atom is 0.207 e. The molecule has 0 bridgehead atoms. The number of nitrogens with one attached hydrogen (secondary N) is 1. The lowest BCUT2D eigenvalue weighted by atomic mass is 9.74. The number of hydrogen-bond donors (Lipinski definition) is 1. The highest BCUT2D eigenvalue weighted by Crippen LogP contribution is 2.44. The van der Waals surface area contributed by atoms with Gasteiger partial charge in [-0.15, -0.1) is 11.3 Å². The molecule has 0 fully saturated rings. The molecule has 0 saturated carbocycles. The standard InChI is InChI=1S/C24H34O2S.C4H9NOS/c1-9-24(10-2,22-14-16(3)18(5)27-22)19-11-12-20(17(4)13-19)26-15-21(25)23(6,7)8;1-7-3-2-5-4-6/h11-14H,9-10,15H2,1-8H3;4H,2-3H2,1H3,(H,5,6). The Morgan fingerprint density at radius 3 is 2.18 bits per heavy atom. The molecular formula is C28H43NO3S2. The summed E-state index contributed by atoms with van der Waals surface area (Å²) in [5.41, 5.74) is 3.46. The van der Waals surface area contributed by atoms with Crippen molar-refractivity contribution < 1.29 is 14.3 Å². The number of ether oxygens (including phenoxy) is 1. The van der Waals surface area contributed by atoms with Crippen LogP contribution in [0.1, 0.15) is 73.9 Å². The Balaban J connectivity index is 0.000000718. The summed E-state index contributed by atoms with van der Waals surface area (Å²) in [6.07, 6.45) is 4.85. The molecule has 190 valence electrons. The molecule has 0 unspecified atom stereocenters. The van der Waals surface area contributed by atoms with Crippen LogP contribution in [0.4, 0.5) is 0 Å². The van der Waals surface area contributed by atoms with Crippen LogP contribution in [0.5, 0.6) is 5.75 Å². The first-order valence-electron chi connectivity index (χ1n) is 12.0. The van der Waals surface area contributed by atoms with E-state index in [1.54, 1.807) is 11.8 Å². The van der Waals surface area contributed by atoms with Crippen LogP contribution in [0.3, 0.4) is 0 Å². The van der Waals surface area contributed by atoms with Crippen LogP contribution in [0, 0.1) is 26.2 Å². The van der Waals surface area contributed by atoms with Crippen molar-refractivity contribution in [3.05, 3.63) is 50.7 Å². The number of carbonyl (C=O) groups excluding carboxylic acids is 2. The number of thiophene rings is 1. The highest BCUT2D eigenvalue weighted by molar-refractivity contribution is 7.98. The maximum absolute atomic E-state index is 12.2. The Bertz CT molecular complexity index is 905. The number of benzene rings is 1. The van der Waals surface area contributed by atoms with Crippen LogP contribution in [0.2, 0.25) is 0 Å². The lowest BCUT2D eigenvalue weighted by molar-refractivity contribution is -0.128. The molecule has 1 amide bonds. The number of rotatable bonds is 11. The van der Waals surface area contributed by atoms with E-state index in [2.05, 4.69) is 58.1 Å². The molecule has 1 aromatic carbocycles. The number of Topliss-reactive ketones (excluding diaryl/α,β-unsaturated/α-hetero) is 1. The monoisotopic (exact) mass is 505 g/mol. The Morgan fingerprint density at radius 1 is 1.09 bits per heavy atom. The molecule has 34 heavy (non-hydrogen) atoms. The van der Waals surface area contributed by atoms with Gasteiger partial charge < -0.3 is 10.1 Å². The molecule has 6 heteroatoms. The normalized spacial score (nSPS) is 11.4. The van der Waals surface area contributed by atoms with Crippen LogP contribution >= 0.6 is 23.1 Å². The third-order valence-electron chi connectivity index (χ3n) is 6.30. The van der Waals surface area contributed by atoms with Crippen LogP contribution in [-0.4, -0.2) is 37.4 Å². The Hall–Kier alpha value is -1.79. The molecule has 0 aliphatic rings. The number of carbonyl (C=O) groups is 2. The van der Waals surface area contributed by atoms with E-state index >= 15 is 0 Å². The minimum atomic E-state index is -0.373. The molecule has 2 aromatic rings. The van der Waals surface area contributed by atoms with Crippen LogP contribution < -0.4 is 10.1 Å². The lowest BCUT2D eigenvalue weighted by Gasteiger charge is -2.32. The highest BCUT2D eigenvalue weighted by atomic mass is 32.2. The lowest BCUT2D eigenvalue weighted by Crippen LogP contribution is -2.27. The van der Waals surface area contributed by atoms with Crippen molar-refractivity contribution in [2.45, 2.75) is 73.6 Å². The summed E-state index contributed by atoms with van der Waals surface area (Å²) < 4.78 is 5.84. The fourth-order valence-electron chi connectivity index (χ4n) is 3.65.